The van der Waals surface area contributed by atoms with Crippen LogP contribution >= 0.6 is 19.9 Å². The van der Waals surface area contributed by atoms with E-state index in [2.05, 4.69) is 8.49 Å². The summed E-state index contributed by atoms with van der Waals surface area (Å²) >= 11 is 5.89. The number of halogens is 1. The molecule has 0 aliphatic heterocycles. The zero-order chi connectivity index (χ0) is 13.9. The van der Waals surface area contributed by atoms with Gasteiger partial charge in [-0.1, -0.05) is 37.6 Å². The Morgan fingerprint density at radius 3 is 2.44 bits per heavy atom. The zero-order valence-electron chi connectivity index (χ0n) is 10.1. The second kappa shape index (κ2) is 6.08. The summed E-state index contributed by atoms with van der Waals surface area (Å²) in [6.07, 6.45) is 0. The van der Waals surface area contributed by atoms with E-state index in [0.717, 1.165) is 7.11 Å². The molecule has 1 unspecified atom stereocenters. The predicted octanol–water partition coefficient (Wildman–Crippen LogP) is 3.47. The highest BCUT2D eigenvalue weighted by molar-refractivity contribution is 7.89. The van der Waals surface area contributed by atoms with Crippen LogP contribution in [0.25, 0.3) is 0 Å². The van der Waals surface area contributed by atoms with E-state index in [4.69, 9.17) is 11.6 Å². The molecule has 18 heavy (non-hydrogen) atoms. The lowest BCUT2D eigenvalue weighted by Crippen LogP contribution is -2.07. The van der Waals surface area contributed by atoms with Gasteiger partial charge >= 0.3 is 18.4 Å². The summed E-state index contributed by atoms with van der Waals surface area (Å²) in [5, 5.41) is 0.0284. The second-order valence-electron chi connectivity index (χ2n) is 3.75. The van der Waals surface area contributed by atoms with Gasteiger partial charge in [0.05, 0.1) is 12.1 Å². The fourth-order valence-electron chi connectivity index (χ4n) is 1.39. The molecule has 1 atom stereocenters. The van der Waals surface area contributed by atoms with E-state index in [0.29, 0.717) is 5.56 Å². The lowest BCUT2D eigenvalue weighted by molar-refractivity contribution is 0.348. The van der Waals surface area contributed by atoms with Gasteiger partial charge in [-0.2, -0.15) is 8.42 Å². The van der Waals surface area contributed by atoms with Crippen molar-refractivity contribution in [2.45, 2.75) is 24.7 Å². The Morgan fingerprint density at radius 1 is 1.33 bits per heavy atom. The first-order chi connectivity index (χ1) is 8.29. The summed E-state index contributed by atoms with van der Waals surface area (Å²) in [5.41, 5.74) is 0.502. The van der Waals surface area contributed by atoms with Gasteiger partial charge in [-0.05, 0) is 17.5 Å². The fraction of sp³-hybridized carbons (Fsp3) is 0.400. The highest BCUT2D eigenvalue weighted by Crippen LogP contribution is 2.36. The van der Waals surface area contributed by atoms with Crippen molar-refractivity contribution in [1.82, 2.24) is 0 Å². The van der Waals surface area contributed by atoms with Gasteiger partial charge in [-0.15, -0.1) is 4.52 Å². The molecule has 0 amide bonds. The van der Waals surface area contributed by atoms with Gasteiger partial charge < -0.3 is 0 Å². The summed E-state index contributed by atoms with van der Waals surface area (Å²) in [4.78, 5) is -0.165. The highest BCUT2D eigenvalue weighted by Gasteiger charge is 2.35. The van der Waals surface area contributed by atoms with E-state index in [1.807, 2.05) is 13.8 Å². The van der Waals surface area contributed by atoms with E-state index in [1.54, 1.807) is 12.1 Å². The van der Waals surface area contributed by atoms with Crippen LogP contribution in [0.3, 0.4) is 0 Å². The number of hydrogen-bond donors (Lipinski definition) is 0. The molecule has 0 saturated heterocycles. The van der Waals surface area contributed by atoms with E-state index in [1.165, 1.54) is 6.07 Å². The average molecular weight is 312 g/mol. The molecule has 5 nitrogen and oxygen atoms in total. The second-order valence-corrected chi connectivity index (χ2v) is 6.88. The maximum atomic E-state index is 12.0. The Labute approximate surface area is 112 Å². The summed E-state index contributed by atoms with van der Waals surface area (Å²) in [6, 6.07) is 4.71. The minimum absolute atomic E-state index is 0.0284. The SMILES string of the molecule is CO[P+](=O)OS(=O)(=O)c1c(Cl)cccc1C(C)C. The molecule has 1 aromatic rings. The highest BCUT2D eigenvalue weighted by atomic mass is 35.5. The quantitative estimate of drug-likeness (QED) is 0.779. The predicted molar refractivity (Wildman–Crippen MR) is 68.4 cm³/mol. The van der Waals surface area contributed by atoms with E-state index >= 15 is 0 Å². The molecular weight excluding hydrogens is 299 g/mol. The van der Waals surface area contributed by atoms with Crippen LogP contribution in [0.2, 0.25) is 5.02 Å². The number of hydrogen-bond acceptors (Lipinski definition) is 5. The molecule has 0 heterocycles. The van der Waals surface area contributed by atoms with Gasteiger partial charge in [0.25, 0.3) is 0 Å². The maximum absolute atomic E-state index is 12.0. The maximum Gasteiger partial charge on any atom is 0.714 e. The molecule has 0 bridgehead atoms. The summed E-state index contributed by atoms with van der Waals surface area (Å²) in [5.74, 6) is -0.0718. The van der Waals surface area contributed by atoms with Gasteiger partial charge in [0.2, 0.25) is 0 Å². The normalized spacial score (nSPS) is 12.8. The monoisotopic (exact) mass is 311 g/mol. The minimum atomic E-state index is -4.22. The van der Waals surface area contributed by atoms with Crippen molar-refractivity contribution in [3.63, 3.8) is 0 Å². The Kier molecular flexibility index (Phi) is 5.25. The summed E-state index contributed by atoms with van der Waals surface area (Å²) in [6.45, 7) is 3.64. The third kappa shape index (κ3) is 3.49. The minimum Gasteiger partial charge on any atom is -0.190 e. The first-order valence-corrected chi connectivity index (χ1v) is 7.92. The molecule has 0 aromatic heterocycles. The Hall–Kier alpha value is -0.520. The van der Waals surface area contributed by atoms with Crippen LogP contribution in [0.1, 0.15) is 25.3 Å². The molecule has 0 N–H and O–H groups in total. The van der Waals surface area contributed by atoms with E-state index < -0.39 is 18.4 Å². The van der Waals surface area contributed by atoms with Gasteiger partial charge in [0, 0.05) is 8.54 Å². The van der Waals surface area contributed by atoms with Gasteiger partial charge in [-0.3, -0.25) is 0 Å². The first kappa shape index (κ1) is 15.5. The standard InChI is InChI=1S/C10H13ClO5PS/c1-7(2)8-5-4-6-9(11)10(8)18(13,14)16-17(12)15-3/h4-7H,1-3H3/q+1. The Morgan fingerprint density at radius 2 is 1.94 bits per heavy atom. The van der Waals surface area contributed by atoms with Crippen molar-refractivity contribution < 1.29 is 21.5 Å². The third-order valence-corrected chi connectivity index (χ3v) is 5.13. The van der Waals surface area contributed by atoms with Crippen LogP contribution in [0.4, 0.5) is 0 Å². The molecule has 100 valence electrons. The van der Waals surface area contributed by atoms with Crippen LogP contribution in [0.5, 0.6) is 0 Å². The largest absolute Gasteiger partial charge is 0.714 e. The Balaban J connectivity index is 3.36. The Bertz CT molecular complexity index is 555. The molecular formula is C10H13ClO5PS+. The fourth-order valence-corrected chi connectivity index (χ4v) is 3.94. The summed E-state index contributed by atoms with van der Waals surface area (Å²) in [7, 11) is -5.86. The first-order valence-electron chi connectivity index (χ1n) is 5.04. The van der Waals surface area contributed by atoms with E-state index in [-0.39, 0.29) is 15.8 Å². The third-order valence-electron chi connectivity index (χ3n) is 2.18. The number of benzene rings is 1. The van der Waals surface area contributed by atoms with Gasteiger partial charge in [0.15, 0.2) is 0 Å². The molecule has 1 aromatic carbocycles. The molecule has 8 heteroatoms. The van der Waals surface area contributed by atoms with Gasteiger partial charge in [-0.25, -0.2) is 0 Å². The molecule has 0 aliphatic carbocycles. The lowest BCUT2D eigenvalue weighted by Gasteiger charge is -2.11. The lowest BCUT2D eigenvalue weighted by atomic mass is 10.0. The topological polar surface area (TPSA) is 69.7 Å². The van der Waals surface area contributed by atoms with Crippen molar-refractivity contribution in [3.8, 4) is 0 Å². The van der Waals surface area contributed by atoms with Crippen molar-refractivity contribution in [1.29, 1.82) is 0 Å². The average Bonchev–Trinajstić information content (AvgIpc) is 2.27. The molecule has 0 saturated carbocycles. The van der Waals surface area contributed by atoms with Crippen LogP contribution in [-0.4, -0.2) is 15.5 Å². The molecule has 0 spiro atoms. The van der Waals surface area contributed by atoms with Crippen molar-refractivity contribution in [2.24, 2.45) is 0 Å². The molecule has 0 fully saturated rings. The van der Waals surface area contributed by atoms with Crippen LogP contribution in [0, 0.1) is 0 Å². The smallest absolute Gasteiger partial charge is 0.190 e. The molecule has 0 aliphatic rings. The van der Waals surface area contributed by atoms with Crippen molar-refractivity contribution in [2.75, 3.05) is 7.11 Å². The van der Waals surface area contributed by atoms with Crippen LogP contribution < -0.4 is 0 Å². The van der Waals surface area contributed by atoms with Gasteiger partial charge in [0.1, 0.15) is 4.90 Å². The molecule has 1 rings (SSSR count). The van der Waals surface area contributed by atoms with Crippen LogP contribution in [0.15, 0.2) is 23.1 Å². The van der Waals surface area contributed by atoms with Crippen LogP contribution in [-0.2, 0) is 23.2 Å². The molecule has 0 radical (unpaired) electrons. The van der Waals surface area contributed by atoms with Crippen molar-refractivity contribution in [3.05, 3.63) is 28.8 Å². The zero-order valence-corrected chi connectivity index (χ0v) is 12.6. The summed E-state index contributed by atoms with van der Waals surface area (Å²) < 4.78 is 43.8. The van der Waals surface area contributed by atoms with Crippen molar-refractivity contribution >= 4 is 30.0 Å². The number of rotatable bonds is 5. The van der Waals surface area contributed by atoms with E-state index in [9.17, 15) is 13.0 Å².